The van der Waals surface area contributed by atoms with Crippen LogP contribution >= 0.6 is 0 Å². The van der Waals surface area contributed by atoms with Gasteiger partial charge >= 0.3 is 0 Å². The number of hydrogen-bond acceptors (Lipinski definition) is 4. The van der Waals surface area contributed by atoms with Gasteiger partial charge < -0.3 is 15.2 Å². The lowest BCUT2D eigenvalue weighted by Gasteiger charge is -2.23. The first kappa shape index (κ1) is 15.0. The summed E-state index contributed by atoms with van der Waals surface area (Å²) in [6.07, 6.45) is 4.06. The van der Waals surface area contributed by atoms with Crippen LogP contribution in [0.1, 0.15) is 12.8 Å². The van der Waals surface area contributed by atoms with Crippen LogP contribution in [-0.4, -0.2) is 29.3 Å². The first-order valence-corrected chi connectivity index (χ1v) is 8.36. The van der Waals surface area contributed by atoms with E-state index >= 15 is 0 Å². The second-order valence-electron chi connectivity index (χ2n) is 6.13. The second-order valence-corrected chi connectivity index (χ2v) is 6.13. The molecule has 0 unspecified atom stereocenters. The minimum atomic E-state index is 0.222. The van der Waals surface area contributed by atoms with Gasteiger partial charge in [0.05, 0.1) is 0 Å². The van der Waals surface area contributed by atoms with Crippen molar-refractivity contribution in [2.24, 2.45) is 0 Å². The minimum Gasteiger partial charge on any atom is -0.505 e. The molecule has 4 heteroatoms. The zero-order valence-corrected chi connectivity index (χ0v) is 13.4. The molecule has 0 spiro atoms. The Hall–Kier alpha value is -2.59. The van der Waals surface area contributed by atoms with Gasteiger partial charge in [0.1, 0.15) is 23.1 Å². The summed E-state index contributed by atoms with van der Waals surface area (Å²) in [5, 5.41) is 14.8. The molecule has 24 heavy (non-hydrogen) atoms. The van der Waals surface area contributed by atoms with E-state index in [-0.39, 0.29) is 11.9 Å². The number of benzene rings is 2. The molecular formula is C20H20N2O2. The van der Waals surface area contributed by atoms with Gasteiger partial charge in [0.25, 0.3) is 0 Å². The Kier molecular flexibility index (Phi) is 4.05. The molecular weight excluding hydrogens is 300 g/mol. The van der Waals surface area contributed by atoms with E-state index in [0.717, 1.165) is 48.2 Å². The monoisotopic (exact) mass is 320 g/mol. The highest BCUT2D eigenvalue weighted by atomic mass is 16.5. The van der Waals surface area contributed by atoms with Crippen LogP contribution in [0.3, 0.4) is 0 Å². The molecule has 122 valence electrons. The molecule has 1 saturated heterocycles. The van der Waals surface area contributed by atoms with Gasteiger partial charge in [-0.15, -0.1) is 0 Å². The normalized spacial score (nSPS) is 15.5. The van der Waals surface area contributed by atoms with Crippen molar-refractivity contribution in [3.8, 4) is 22.6 Å². The van der Waals surface area contributed by atoms with E-state index in [2.05, 4.69) is 10.3 Å². The predicted molar refractivity (Wildman–Crippen MR) is 95.4 cm³/mol. The molecule has 1 fully saturated rings. The summed E-state index contributed by atoms with van der Waals surface area (Å²) in [7, 11) is 0. The van der Waals surface area contributed by atoms with Crippen molar-refractivity contribution >= 4 is 10.9 Å². The summed E-state index contributed by atoms with van der Waals surface area (Å²) in [5.41, 5.74) is 2.37. The molecule has 3 aromatic rings. The molecule has 0 bridgehead atoms. The summed E-state index contributed by atoms with van der Waals surface area (Å²) in [6.45, 7) is 2.03. The van der Waals surface area contributed by atoms with Gasteiger partial charge in [-0.1, -0.05) is 24.3 Å². The molecule has 2 aromatic carbocycles. The maximum absolute atomic E-state index is 10.5. The minimum absolute atomic E-state index is 0.222. The Morgan fingerprint density at radius 3 is 2.58 bits per heavy atom. The summed E-state index contributed by atoms with van der Waals surface area (Å²) in [5.74, 6) is 1.10. The average molecular weight is 320 g/mol. The van der Waals surface area contributed by atoms with Crippen molar-refractivity contribution in [3.05, 3.63) is 54.7 Å². The predicted octanol–water partition coefficient (Wildman–Crippen LogP) is 3.74. The van der Waals surface area contributed by atoms with Crippen LogP contribution < -0.4 is 10.1 Å². The standard InChI is InChI=1S/C20H20N2O2/c23-20-18(8-5-15-2-1-11-22-19(15)20)14-3-6-16(7-4-14)24-17-9-12-21-13-10-17/h1-8,11,17,21,23H,9-10,12-13H2. The second kappa shape index (κ2) is 6.49. The number of phenolic OH excluding ortho intramolecular Hbond substituents is 1. The molecule has 0 radical (unpaired) electrons. The number of ether oxygens (including phenoxy) is 1. The zero-order chi connectivity index (χ0) is 16.4. The van der Waals surface area contributed by atoms with Gasteiger partial charge in [-0.3, -0.25) is 4.98 Å². The third-order valence-corrected chi connectivity index (χ3v) is 4.50. The Balaban J connectivity index is 1.59. The Morgan fingerprint density at radius 1 is 1.00 bits per heavy atom. The van der Waals surface area contributed by atoms with E-state index in [1.807, 2.05) is 48.5 Å². The number of aromatic nitrogens is 1. The van der Waals surface area contributed by atoms with Crippen molar-refractivity contribution in [1.82, 2.24) is 10.3 Å². The van der Waals surface area contributed by atoms with Gasteiger partial charge in [0, 0.05) is 17.1 Å². The fourth-order valence-electron chi connectivity index (χ4n) is 3.18. The molecule has 1 aliphatic rings. The Labute approximate surface area is 141 Å². The van der Waals surface area contributed by atoms with Crippen LogP contribution in [0.4, 0.5) is 0 Å². The van der Waals surface area contributed by atoms with Crippen LogP contribution in [-0.2, 0) is 0 Å². The number of pyridine rings is 1. The van der Waals surface area contributed by atoms with E-state index in [0.29, 0.717) is 5.52 Å². The first-order chi connectivity index (χ1) is 11.8. The number of hydrogen-bond donors (Lipinski definition) is 2. The SMILES string of the molecule is Oc1c(-c2ccc(OC3CCNCC3)cc2)ccc2cccnc12. The molecule has 0 saturated carbocycles. The van der Waals surface area contributed by atoms with Crippen molar-refractivity contribution in [3.63, 3.8) is 0 Å². The molecule has 4 rings (SSSR count). The zero-order valence-electron chi connectivity index (χ0n) is 13.4. The van der Waals surface area contributed by atoms with Crippen LogP contribution in [0.25, 0.3) is 22.0 Å². The van der Waals surface area contributed by atoms with Gasteiger partial charge in [-0.2, -0.15) is 0 Å². The summed E-state index contributed by atoms with van der Waals surface area (Å²) < 4.78 is 6.03. The first-order valence-electron chi connectivity index (χ1n) is 8.36. The van der Waals surface area contributed by atoms with E-state index in [9.17, 15) is 5.11 Å². The summed E-state index contributed by atoms with van der Waals surface area (Å²) >= 11 is 0. The smallest absolute Gasteiger partial charge is 0.149 e. The van der Waals surface area contributed by atoms with Crippen molar-refractivity contribution in [2.45, 2.75) is 18.9 Å². The Morgan fingerprint density at radius 2 is 1.79 bits per heavy atom. The van der Waals surface area contributed by atoms with Crippen LogP contribution in [0.15, 0.2) is 54.7 Å². The number of phenols is 1. The lowest BCUT2D eigenvalue weighted by Crippen LogP contribution is -2.34. The van der Waals surface area contributed by atoms with E-state index < -0.39 is 0 Å². The maximum atomic E-state index is 10.5. The Bertz CT molecular complexity index is 840. The fraction of sp³-hybridized carbons (Fsp3) is 0.250. The lowest BCUT2D eigenvalue weighted by atomic mass is 10.0. The van der Waals surface area contributed by atoms with Crippen LogP contribution in [0.2, 0.25) is 0 Å². The molecule has 0 atom stereocenters. The van der Waals surface area contributed by atoms with Crippen molar-refractivity contribution < 1.29 is 9.84 Å². The topological polar surface area (TPSA) is 54.4 Å². The van der Waals surface area contributed by atoms with Crippen LogP contribution in [0, 0.1) is 0 Å². The quantitative estimate of drug-likeness (QED) is 0.772. The summed E-state index contributed by atoms with van der Waals surface area (Å²) in [6, 6.07) is 15.6. The number of nitrogens with zero attached hydrogens (tertiary/aromatic N) is 1. The van der Waals surface area contributed by atoms with E-state index in [4.69, 9.17) is 4.74 Å². The third-order valence-electron chi connectivity index (χ3n) is 4.50. The number of nitrogens with one attached hydrogen (secondary N) is 1. The molecule has 0 aliphatic carbocycles. The van der Waals surface area contributed by atoms with Gasteiger partial charge in [-0.05, 0) is 55.8 Å². The highest BCUT2D eigenvalue weighted by Crippen LogP contribution is 2.35. The highest BCUT2D eigenvalue weighted by molar-refractivity contribution is 5.91. The van der Waals surface area contributed by atoms with Crippen LogP contribution in [0.5, 0.6) is 11.5 Å². The van der Waals surface area contributed by atoms with Crippen molar-refractivity contribution in [2.75, 3.05) is 13.1 Å². The van der Waals surface area contributed by atoms with Gasteiger partial charge in [0.15, 0.2) is 0 Å². The average Bonchev–Trinajstić information content (AvgIpc) is 2.64. The summed E-state index contributed by atoms with van der Waals surface area (Å²) in [4.78, 5) is 4.28. The molecule has 4 nitrogen and oxygen atoms in total. The number of aromatic hydroxyl groups is 1. The molecule has 2 heterocycles. The number of rotatable bonds is 3. The number of piperidine rings is 1. The van der Waals surface area contributed by atoms with E-state index in [1.54, 1.807) is 6.20 Å². The molecule has 1 aliphatic heterocycles. The van der Waals surface area contributed by atoms with Gasteiger partial charge in [-0.25, -0.2) is 0 Å². The largest absolute Gasteiger partial charge is 0.505 e. The number of fused-ring (bicyclic) bond motifs is 1. The van der Waals surface area contributed by atoms with Gasteiger partial charge in [0.2, 0.25) is 0 Å². The molecule has 2 N–H and O–H groups in total. The van der Waals surface area contributed by atoms with Crippen molar-refractivity contribution in [1.29, 1.82) is 0 Å². The highest BCUT2D eigenvalue weighted by Gasteiger charge is 2.15. The maximum Gasteiger partial charge on any atom is 0.149 e. The molecule has 0 amide bonds. The third kappa shape index (κ3) is 2.93. The lowest BCUT2D eigenvalue weighted by molar-refractivity contribution is 0.162. The molecule has 1 aromatic heterocycles. The fourth-order valence-corrected chi connectivity index (χ4v) is 3.18. The van der Waals surface area contributed by atoms with E-state index in [1.165, 1.54) is 0 Å².